The van der Waals surface area contributed by atoms with Crippen LogP contribution in [0.2, 0.25) is 0 Å². The summed E-state index contributed by atoms with van der Waals surface area (Å²) < 4.78 is 26.3. The Kier molecular flexibility index (Phi) is 3.51. The van der Waals surface area contributed by atoms with E-state index in [1.54, 1.807) is 7.05 Å². The zero-order valence-electron chi connectivity index (χ0n) is 9.26. The van der Waals surface area contributed by atoms with E-state index in [9.17, 15) is 8.78 Å². The minimum atomic E-state index is -0.536. The fourth-order valence-electron chi connectivity index (χ4n) is 1.72. The maximum atomic E-state index is 13.5. The van der Waals surface area contributed by atoms with Crippen molar-refractivity contribution in [1.29, 1.82) is 0 Å². The largest absolute Gasteiger partial charge is 0.312 e. The molecule has 0 heterocycles. The van der Waals surface area contributed by atoms with Crippen LogP contribution in [-0.2, 0) is 0 Å². The van der Waals surface area contributed by atoms with Crippen molar-refractivity contribution in [2.45, 2.75) is 24.9 Å². The van der Waals surface area contributed by atoms with Crippen LogP contribution in [0, 0.1) is 11.6 Å². The lowest BCUT2D eigenvalue weighted by atomic mass is 10.1. The monoisotopic (exact) mass is 226 g/mol. The molecule has 1 unspecified atom stereocenters. The molecule has 0 spiro atoms. The van der Waals surface area contributed by atoms with Gasteiger partial charge in [0.25, 0.3) is 0 Å². The molecule has 4 heteroatoms. The van der Waals surface area contributed by atoms with E-state index >= 15 is 0 Å². The molecule has 0 radical (unpaired) electrons. The zero-order chi connectivity index (χ0) is 11.5. The normalized spacial score (nSPS) is 17.4. The highest BCUT2D eigenvalue weighted by atomic mass is 19.1. The molecule has 88 valence electrons. The van der Waals surface area contributed by atoms with E-state index in [0.717, 1.165) is 6.07 Å². The Labute approximate surface area is 94.0 Å². The number of hydrogen-bond acceptors (Lipinski definition) is 2. The first-order chi connectivity index (χ1) is 7.70. The van der Waals surface area contributed by atoms with Crippen molar-refractivity contribution in [2.75, 3.05) is 13.6 Å². The third-order valence-electron chi connectivity index (χ3n) is 2.87. The summed E-state index contributed by atoms with van der Waals surface area (Å²) in [4.78, 5) is 0. The minimum Gasteiger partial charge on any atom is -0.312 e. The quantitative estimate of drug-likeness (QED) is 0.802. The van der Waals surface area contributed by atoms with Crippen molar-refractivity contribution in [3.8, 4) is 0 Å². The number of benzene rings is 1. The smallest absolute Gasteiger partial charge is 0.130 e. The number of rotatable bonds is 5. The van der Waals surface area contributed by atoms with Gasteiger partial charge in [-0.15, -0.1) is 0 Å². The first kappa shape index (κ1) is 11.5. The lowest BCUT2D eigenvalue weighted by Crippen LogP contribution is -2.31. The molecular formula is C12H16F2N2. The Morgan fingerprint density at radius 3 is 2.69 bits per heavy atom. The van der Waals surface area contributed by atoms with Gasteiger partial charge in [-0.2, -0.15) is 0 Å². The molecule has 2 N–H and O–H groups in total. The predicted molar refractivity (Wildman–Crippen MR) is 59.2 cm³/mol. The van der Waals surface area contributed by atoms with Gasteiger partial charge in [-0.05, 0) is 26.0 Å². The average molecular weight is 226 g/mol. The molecule has 1 aliphatic carbocycles. The van der Waals surface area contributed by atoms with Gasteiger partial charge in [0.1, 0.15) is 11.6 Å². The standard InChI is InChI=1S/C12H16F2N2/c1-15-12(7-16-9-3-4-9)10-5-2-8(13)6-11(10)14/h2,5-6,9,12,15-16H,3-4,7H2,1H3. The molecule has 16 heavy (non-hydrogen) atoms. The van der Waals surface area contributed by atoms with E-state index in [1.165, 1.54) is 25.0 Å². The highest BCUT2D eigenvalue weighted by Crippen LogP contribution is 2.21. The van der Waals surface area contributed by atoms with Crippen LogP contribution in [0.3, 0.4) is 0 Å². The van der Waals surface area contributed by atoms with Crippen LogP contribution >= 0.6 is 0 Å². The van der Waals surface area contributed by atoms with Crippen LogP contribution in [0.4, 0.5) is 8.78 Å². The van der Waals surface area contributed by atoms with Gasteiger partial charge in [-0.1, -0.05) is 6.07 Å². The topological polar surface area (TPSA) is 24.1 Å². The molecule has 1 aromatic rings. The van der Waals surface area contributed by atoms with Gasteiger partial charge in [0.2, 0.25) is 0 Å². The third-order valence-corrected chi connectivity index (χ3v) is 2.87. The van der Waals surface area contributed by atoms with Crippen molar-refractivity contribution in [3.05, 3.63) is 35.4 Å². The fraction of sp³-hybridized carbons (Fsp3) is 0.500. The van der Waals surface area contributed by atoms with Crippen molar-refractivity contribution in [2.24, 2.45) is 0 Å². The van der Waals surface area contributed by atoms with Crippen LogP contribution in [0.1, 0.15) is 24.4 Å². The molecule has 0 aliphatic heterocycles. The van der Waals surface area contributed by atoms with E-state index in [1.807, 2.05) is 0 Å². The number of hydrogen-bond donors (Lipinski definition) is 2. The van der Waals surface area contributed by atoms with Gasteiger partial charge in [0, 0.05) is 30.3 Å². The molecule has 0 aromatic heterocycles. The summed E-state index contributed by atoms with van der Waals surface area (Å²) >= 11 is 0. The molecule has 0 saturated heterocycles. The summed E-state index contributed by atoms with van der Waals surface area (Å²) in [6.07, 6.45) is 2.39. The molecule has 2 rings (SSSR count). The molecule has 1 fully saturated rings. The minimum absolute atomic E-state index is 0.110. The van der Waals surface area contributed by atoms with Gasteiger partial charge in [0.05, 0.1) is 0 Å². The van der Waals surface area contributed by atoms with Crippen molar-refractivity contribution < 1.29 is 8.78 Å². The van der Waals surface area contributed by atoms with E-state index < -0.39 is 11.6 Å². The Hall–Kier alpha value is -1.00. The fourth-order valence-corrected chi connectivity index (χ4v) is 1.72. The van der Waals surface area contributed by atoms with Crippen molar-refractivity contribution >= 4 is 0 Å². The second-order valence-electron chi connectivity index (χ2n) is 4.19. The lowest BCUT2D eigenvalue weighted by molar-refractivity contribution is 0.491. The molecule has 0 amide bonds. The summed E-state index contributed by atoms with van der Waals surface area (Å²) in [6.45, 7) is 0.670. The van der Waals surface area contributed by atoms with E-state index in [0.29, 0.717) is 18.2 Å². The highest BCUT2D eigenvalue weighted by molar-refractivity contribution is 5.22. The molecular weight excluding hydrogens is 210 g/mol. The Morgan fingerprint density at radius 2 is 2.12 bits per heavy atom. The summed E-state index contributed by atoms with van der Waals surface area (Å²) in [6, 6.07) is 4.19. The van der Waals surface area contributed by atoms with Crippen LogP contribution in [0.25, 0.3) is 0 Å². The number of halogens is 2. The van der Waals surface area contributed by atoms with Gasteiger partial charge in [-0.3, -0.25) is 0 Å². The van der Waals surface area contributed by atoms with Gasteiger partial charge in [-0.25, -0.2) is 8.78 Å². The van der Waals surface area contributed by atoms with Crippen LogP contribution in [0.15, 0.2) is 18.2 Å². The zero-order valence-corrected chi connectivity index (χ0v) is 9.26. The molecule has 1 aliphatic rings. The Bertz CT molecular complexity index is 364. The second-order valence-corrected chi connectivity index (χ2v) is 4.19. The number of nitrogens with one attached hydrogen (secondary N) is 2. The third kappa shape index (κ3) is 2.77. The Morgan fingerprint density at radius 1 is 1.38 bits per heavy atom. The molecule has 1 atom stereocenters. The number of likely N-dealkylation sites (N-methyl/N-ethyl adjacent to an activating group) is 1. The molecule has 1 aromatic carbocycles. The van der Waals surface area contributed by atoms with Crippen molar-refractivity contribution in [1.82, 2.24) is 10.6 Å². The molecule has 2 nitrogen and oxygen atoms in total. The lowest BCUT2D eigenvalue weighted by Gasteiger charge is -2.18. The van der Waals surface area contributed by atoms with E-state index in [-0.39, 0.29) is 6.04 Å². The predicted octanol–water partition coefficient (Wildman–Crippen LogP) is 1.98. The van der Waals surface area contributed by atoms with Gasteiger partial charge >= 0.3 is 0 Å². The maximum absolute atomic E-state index is 13.5. The SMILES string of the molecule is CNC(CNC1CC1)c1ccc(F)cc1F. The van der Waals surface area contributed by atoms with Crippen molar-refractivity contribution in [3.63, 3.8) is 0 Å². The Balaban J connectivity index is 2.05. The molecule has 0 bridgehead atoms. The summed E-state index contributed by atoms with van der Waals surface area (Å²) in [5.74, 6) is -1.02. The van der Waals surface area contributed by atoms with E-state index in [2.05, 4.69) is 10.6 Å². The van der Waals surface area contributed by atoms with Crippen LogP contribution < -0.4 is 10.6 Å². The van der Waals surface area contributed by atoms with Gasteiger partial charge in [0.15, 0.2) is 0 Å². The molecule has 1 saturated carbocycles. The second kappa shape index (κ2) is 4.89. The van der Waals surface area contributed by atoms with Gasteiger partial charge < -0.3 is 10.6 Å². The summed E-state index contributed by atoms with van der Waals surface area (Å²) in [5, 5.41) is 6.36. The summed E-state index contributed by atoms with van der Waals surface area (Å²) in [5.41, 5.74) is 0.511. The van der Waals surface area contributed by atoms with E-state index in [4.69, 9.17) is 0 Å². The summed E-state index contributed by atoms with van der Waals surface area (Å²) in [7, 11) is 1.78. The highest BCUT2D eigenvalue weighted by Gasteiger charge is 2.22. The van der Waals surface area contributed by atoms with Crippen LogP contribution in [-0.4, -0.2) is 19.6 Å². The van der Waals surface area contributed by atoms with Crippen LogP contribution in [0.5, 0.6) is 0 Å². The average Bonchev–Trinajstić information content (AvgIpc) is 3.05. The first-order valence-electron chi connectivity index (χ1n) is 5.56. The maximum Gasteiger partial charge on any atom is 0.130 e. The first-order valence-corrected chi connectivity index (χ1v) is 5.56.